The summed E-state index contributed by atoms with van der Waals surface area (Å²) >= 11 is 0. The van der Waals surface area contributed by atoms with Gasteiger partial charge in [-0.05, 0) is 31.0 Å². The van der Waals surface area contributed by atoms with E-state index in [-0.39, 0.29) is 0 Å². The monoisotopic (exact) mass is 272 g/mol. The molecule has 20 heavy (non-hydrogen) atoms. The van der Waals surface area contributed by atoms with E-state index < -0.39 is 0 Å². The molecule has 0 atom stereocenters. The van der Waals surface area contributed by atoms with Gasteiger partial charge in [-0.1, -0.05) is 19.3 Å². The zero-order valence-electron chi connectivity index (χ0n) is 12.5. The summed E-state index contributed by atoms with van der Waals surface area (Å²) in [6.07, 6.45) is 6.73. The van der Waals surface area contributed by atoms with Crippen molar-refractivity contribution in [2.75, 3.05) is 11.9 Å². The van der Waals surface area contributed by atoms with Crippen molar-refractivity contribution in [1.82, 2.24) is 9.55 Å². The second-order valence-corrected chi connectivity index (χ2v) is 5.87. The van der Waals surface area contributed by atoms with Crippen LogP contribution in [0.1, 0.15) is 37.9 Å². The first-order chi connectivity index (χ1) is 9.70. The van der Waals surface area contributed by atoms with E-state index in [1.165, 1.54) is 37.8 Å². The lowest BCUT2D eigenvalue weighted by Gasteiger charge is -2.33. The molecule has 1 aromatic heterocycles. The average Bonchev–Trinajstić information content (AvgIpc) is 2.83. The minimum atomic E-state index is 0.485. The molecule has 2 N–H and O–H groups in total. The highest BCUT2D eigenvalue weighted by molar-refractivity contribution is 5.80. The maximum absolute atomic E-state index is 5.74. The molecule has 0 aliphatic heterocycles. The summed E-state index contributed by atoms with van der Waals surface area (Å²) in [7, 11) is 4.24. The SMILES string of the molecule is CN(c1ccc2c(c1)nc(CN)n2C)C1CCCCC1. The number of aromatic nitrogens is 2. The number of imidazole rings is 1. The predicted molar refractivity (Wildman–Crippen MR) is 83.9 cm³/mol. The summed E-state index contributed by atoms with van der Waals surface area (Å²) in [5, 5.41) is 0. The third kappa shape index (κ3) is 2.29. The molecule has 1 heterocycles. The smallest absolute Gasteiger partial charge is 0.123 e. The molecule has 1 aromatic carbocycles. The molecule has 0 spiro atoms. The lowest BCUT2D eigenvalue weighted by Crippen LogP contribution is -2.33. The molecule has 0 radical (unpaired) electrons. The van der Waals surface area contributed by atoms with Gasteiger partial charge < -0.3 is 15.2 Å². The van der Waals surface area contributed by atoms with E-state index in [0.717, 1.165) is 16.9 Å². The largest absolute Gasteiger partial charge is 0.372 e. The lowest BCUT2D eigenvalue weighted by molar-refractivity contribution is 0.427. The van der Waals surface area contributed by atoms with Crippen LogP contribution in [0, 0.1) is 0 Å². The van der Waals surface area contributed by atoms with Crippen LogP contribution in [0.3, 0.4) is 0 Å². The van der Waals surface area contributed by atoms with Gasteiger partial charge in [0.25, 0.3) is 0 Å². The van der Waals surface area contributed by atoms with E-state index in [2.05, 4.69) is 39.7 Å². The van der Waals surface area contributed by atoms with Gasteiger partial charge in [0.2, 0.25) is 0 Å². The van der Waals surface area contributed by atoms with Crippen molar-refractivity contribution in [3.8, 4) is 0 Å². The van der Waals surface area contributed by atoms with Gasteiger partial charge in [0, 0.05) is 25.8 Å². The van der Waals surface area contributed by atoms with Crippen molar-refractivity contribution in [2.45, 2.75) is 44.7 Å². The molecule has 1 fully saturated rings. The van der Waals surface area contributed by atoms with Gasteiger partial charge in [0.1, 0.15) is 5.82 Å². The third-order valence-corrected chi connectivity index (χ3v) is 4.67. The summed E-state index contributed by atoms with van der Waals surface area (Å²) in [5.74, 6) is 0.942. The minimum absolute atomic E-state index is 0.485. The number of hydrogen-bond donors (Lipinski definition) is 1. The molecule has 1 saturated carbocycles. The van der Waals surface area contributed by atoms with Gasteiger partial charge >= 0.3 is 0 Å². The van der Waals surface area contributed by atoms with Crippen molar-refractivity contribution in [3.63, 3.8) is 0 Å². The number of aryl methyl sites for hydroxylation is 1. The van der Waals surface area contributed by atoms with Gasteiger partial charge in [-0.3, -0.25) is 0 Å². The summed E-state index contributed by atoms with van der Waals surface area (Å²) in [4.78, 5) is 7.06. The highest BCUT2D eigenvalue weighted by Crippen LogP contribution is 2.28. The van der Waals surface area contributed by atoms with Gasteiger partial charge in [-0.15, -0.1) is 0 Å². The van der Waals surface area contributed by atoms with Crippen LogP contribution >= 0.6 is 0 Å². The molecule has 3 rings (SSSR count). The molecule has 108 valence electrons. The molecular weight excluding hydrogens is 248 g/mol. The van der Waals surface area contributed by atoms with Crippen LogP contribution in [0.5, 0.6) is 0 Å². The number of rotatable bonds is 3. The fraction of sp³-hybridized carbons (Fsp3) is 0.562. The van der Waals surface area contributed by atoms with Crippen molar-refractivity contribution in [3.05, 3.63) is 24.0 Å². The molecule has 0 saturated heterocycles. The van der Waals surface area contributed by atoms with Crippen molar-refractivity contribution >= 4 is 16.7 Å². The normalized spacial score (nSPS) is 16.8. The first kappa shape index (κ1) is 13.4. The van der Waals surface area contributed by atoms with Gasteiger partial charge in [0.05, 0.1) is 17.6 Å². The quantitative estimate of drug-likeness (QED) is 0.934. The highest BCUT2D eigenvalue weighted by Gasteiger charge is 2.19. The molecule has 4 heteroatoms. The van der Waals surface area contributed by atoms with Crippen molar-refractivity contribution in [2.24, 2.45) is 12.8 Å². The van der Waals surface area contributed by atoms with E-state index in [1.807, 2.05) is 7.05 Å². The highest BCUT2D eigenvalue weighted by atomic mass is 15.1. The number of nitrogens with two attached hydrogens (primary N) is 1. The van der Waals surface area contributed by atoms with Crippen LogP contribution in [0.15, 0.2) is 18.2 Å². The van der Waals surface area contributed by atoms with Gasteiger partial charge in [0.15, 0.2) is 0 Å². The van der Waals surface area contributed by atoms with E-state index in [1.54, 1.807) is 0 Å². The Bertz CT molecular complexity index is 596. The fourth-order valence-electron chi connectivity index (χ4n) is 3.32. The minimum Gasteiger partial charge on any atom is -0.372 e. The Labute approximate surface area is 120 Å². The Morgan fingerprint density at radius 2 is 2.05 bits per heavy atom. The fourth-order valence-corrected chi connectivity index (χ4v) is 3.32. The van der Waals surface area contributed by atoms with E-state index in [4.69, 9.17) is 5.73 Å². The molecule has 0 bridgehead atoms. The van der Waals surface area contributed by atoms with Crippen LogP contribution < -0.4 is 10.6 Å². The molecule has 1 aliphatic rings. The van der Waals surface area contributed by atoms with Crippen LogP contribution in [-0.4, -0.2) is 22.6 Å². The van der Waals surface area contributed by atoms with Crippen molar-refractivity contribution in [1.29, 1.82) is 0 Å². The van der Waals surface area contributed by atoms with Crippen LogP contribution in [0.4, 0.5) is 5.69 Å². The summed E-state index contributed by atoms with van der Waals surface area (Å²) in [5.41, 5.74) is 9.21. The molecule has 0 amide bonds. The third-order valence-electron chi connectivity index (χ3n) is 4.67. The number of hydrogen-bond acceptors (Lipinski definition) is 3. The zero-order valence-corrected chi connectivity index (χ0v) is 12.5. The average molecular weight is 272 g/mol. The molecular formula is C16H24N4. The van der Waals surface area contributed by atoms with Crippen LogP contribution in [0.25, 0.3) is 11.0 Å². The van der Waals surface area contributed by atoms with E-state index in [0.29, 0.717) is 12.6 Å². The second kappa shape index (κ2) is 5.44. The number of anilines is 1. The van der Waals surface area contributed by atoms with Gasteiger partial charge in [-0.2, -0.15) is 0 Å². The summed E-state index contributed by atoms with van der Waals surface area (Å²) in [6, 6.07) is 7.25. The van der Waals surface area contributed by atoms with Crippen molar-refractivity contribution < 1.29 is 0 Å². The van der Waals surface area contributed by atoms with Gasteiger partial charge in [-0.25, -0.2) is 4.98 Å². The Morgan fingerprint density at radius 3 is 2.75 bits per heavy atom. The summed E-state index contributed by atoms with van der Waals surface area (Å²) in [6.45, 7) is 0.485. The first-order valence-electron chi connectivity index (χ1n) is 7.59. The lowest BCUT2D eigenvalue weighted by atomic mass is 9.94. The molecule has 4 nitrogen and oxygen atoms in total. The Kier molecular flexibility index (Phi) is 3.66. The Hall–Kier alpha value is -1.55. The van der Waals surface area contributed by atoms with E-state index >= 15 is 0 Å². The number of nitrogens with zero attached hydrogens (tertiary/aromatic N) is 3. The maximum atomic E-state index is 5.74. The van der Waals surface area contributed by atoms with E-state index in [9.17, 15) is 0 Å². The standard InChI is InChI=1S/C16H24N4/c1-19(12-6-4-3-5-7-12)13-8-9-15-14(10-13)18-16(11-17)20(15)2/h8-10,12H,3-7,11,17H2,1-2H3. The zero-order chi connectivity index (χ0) is 14.1. The van der Waals surface area contributed by atoms with Crippen LogP contribution in [0.2, 0.25) is 0 Å². The Morgan fingerprint density at radius 1 is 1.30 bits per heavy atom. The summed E-state index contributed by atoms with van der Waals surface area (Å²) < 4.78 is 2.08. The predicted octanol–water partition coefficient (Wildman–Crippen LogP) is 2.80. The topological polar surface area (TPSA) is 47.1 Å². The maximum Gasteiger partial charge on any atom is 0.123 e. The number of fused-ring (bicyclic) bond motifs is 1. The first-order valence-corrected chi connectivity index (χ1v) is 7.59. The Balaban J connectivity index is 1.91. The molecule has 0 unspecified atom stereocenters. The second-order valence-electron chi connectivity index (χ2n) is 5.87. The molecule has 1 aliphatic carbocycles. The number of benzene rings is 1. The van der Waals surface area contributed by atoms with Crippen LogP contribution in [-0.2, 0) is 13.6 Å². The molecule has 2 aromatic rings.